The first-order chi connectivity index (χ1) is 13.5. The van der Waals surface area contributed by atoms with Gasteiger partial charge in [-0.15, -0.1) is 0 Å². The molecule has 144 valence electrons. The SMILES string of the molecule is COc1ccc(Nc2cc(C(=O)Nc3cccc(Cl)c3C)ncn2)cc1OC. The molecule has 1 heterocycles. The van der Waals surface area contributed by atoms with E-state index in [1.165, 1.54) is 6.33 Å². The molecule has 0 unspecified atom stereocenters. The number of amides is 1. The third-order valence-electron chi connectivity index (χ3n) is 4.07. The Morgan fingerprint density at radius 2 is 1.82 bits per heavy atom. The number of hydrogen-bond acceptors (Lipinski definition) is 6. The lowest BCUT2D eigenvalue weighted by molar-refractivity contribution is 0.102. The molecule has 0 saturated heterocycles. The molecule has 0 atom stereocenters. The second-order valence-corrected chi connectivity index (χ2v) is 6.26. The van der Waals surface area contributed by atoms with Crippen LogP contribution in [0.25, 0.3) is 0 Å². The zero-order valence-corrected chi connectivity index (χ0v) is 16.4. The van der Waals surface area contributed by atoms with Crippen LogP contribution < -0.4 is 20.1 Å². The van der Waals surface area contributed by atoms with Crippen molar-refractivity contribution in [2.75, 3.05) is 24.9 Å². The fourth-order valence-electron chi connectivity index (χ4n) is 2.54. The number of carbonyl (C=O) groups is 1. The van der Waals surface area contributed by atoms with Crippen molar-refractivity contribution >= 4 is 34.7 Å². The van der Waals surface area contributed by atoms with Gasteiger partial charge >= 0.3 is 0 Å². The van der Waals surface area contributed by atoms with Gasteiger partial charge in [0.1, 0.15) is 17.8 Å². The maximum absolute atomic E-state index is 12.6. The smallest absolute Gasteiger partial charge is 0.274 e. The summed E-state index contributed by atoms with van der Waals surface area (Å²) in [5.41, 5.74) is 2.37. The first kappa shape index (κ1) is 19.4. The van der Waals surface area contributed by atoms with Gasteiger partial charge < -0.3 is 20.1 Å². The largest absolute Gasteiger partial charge is 0.493 e. The Morgan fingerprint density at radius 1 is 1.04 bits per heavy atom. The number of nitrogens with one attached hydrogen (secondary N) is 2. The summed E-state index contributed by atoms with van der Waals surface area (Å²) in [6, 6.07) is 12.2. The highest BCUT2D eigenvalue weighted by atomic mass is 35.5. The summed E-state index contributed by atoms with van der Waals surface area (Å²) in [4.78, 5) is 20.8. The van der Waals surface area contributed by atoms with Crippen molar-refractivity contribution < 1.29 is 14.3 Å². The number of hydrogen-bond donors (Lipinski definition) is 2. The van der Waals surface area contributed by atoms with Crippen LogP contribution in [0.3, 0.4) is 0 Å². The Hall–Kier alpha value is -3.32. The Kier molecular flexibility index (Phi) is 5.96. The highest BCUT2D eigenvalue weighted by molar-refractivity contribution is 6.31. The van der Waals surface area contributed by atoms with Gasteiger partial charge in [0.2, 0.25) is 0 Å². The van der Waals surface area contributed by atoms with Crippen molar-refractivity contribution in [2.45, 2.75) is 6.92 Å². The van der Waals surface area contributed by atoms with Crippen molar-refractivity contribution in [1.29, 1.82) is 0 Å². The molecule has 28 heavy (non-hydrogen) atoms. The summed E-state index contributed by atoms with van der Waals surface area (Å²) < 4.78 is 10.5. The molecule has 1 amide bonds. The van der Waals surface area contributed by atoms with Crippen LogP contribution in [-0.4, -0.2) is 30.1 Å². The summed E-state index contributed by atoms with van der Waals surface area (Å²) in [7, 11) is 3.13. The van der Waals surface area contributed by atoms with Crippen LogP contribution in [0.1, 0.15) is 16.1 Å². The van der Waals surface area contributed by atoms with Gasteiger partial charge in [-0.1, -0.05) is 17.7 Å². The normalized spacial score (nSPS) is 10.3. The van der Waals surface area contributed by atoms with Crippen molar-refractivity contribution in [3.63, 3.8) is 0 Å². The second-order valence-electron chi connectivity index (χ2n) is 5.85. The molecule has 8 heteroatoms. The predicted molar refractivity (Wildman–Crippen MR) is 109 cm³/mol. The van der Waals surface area contributed by atoms with Gasteiger partial charge in [0.25, 0.3) is 5.91 Å². The van der Waals surface area contributed by atoms with E-state index in [1.807, 2.05) is 13.0 Å². The van der Waals surface area contributed by atoms with Crippen LogP contribution in [-0.2, 0) is 0 Å². The fraction of sp³-hybridized carbons (Fsp3) is 0.150. The van der Waals surface area contributed by atoms with E-state index in [-0.39, 0.29) is 11.6 Å². The molecule has 0 bridgehead atoms. The third-order valence-corrected chi connectivity index (χ3v) is 4.48. The number of ether oxygens (including phenoxy) is 2. The maximum atomic E-state index is 12.6. The molecule has 3 rings (SSSR count). The quantitative estimate of drug-likeness (QED) is 0.638. The third kappa shape index (κ3) is 4.32. The van der Waals surface area contributed by atoms with Gasteiger partial charge in [-0.25, -0.2) is 9.97 Å². The average molecular weight is 399 g/mol. The minimum atomic E-state index is -0.358. The number of carbonyl (C=O) groups excluding carboxylic acids is 1. The van der Waals surface area contributed by atoms with Crippen LogP contribution in [0.4, 0.5) is 17.2 Å². The maximum Gasteiger partial charge on any atom is 0.274 e. The van der Waals surface area contributed by atoms with Crippen LogP contribution in [0.5, 0.6) is 11.5 Å². The van der Waals surface area contributed by atoms with E-state index in [0.717, 1.165) is 11.3 Å². The number of rotatable bonds is 6. The summed E-state index contributed by atoms with van der Waals surface area (Å²) in [6.07, 6.45) is 1.32. The van der Waals surface area contributed by atoms with E-state index < -0.39 is 0 Å². The Balaban J connectivity index is 1.78. The Bertz CT molecular complexity index is 1010. The minimum Gasteiger partial charge on any atom is -0.493 e. The van der Waals surface area contributed by atoms with Gasteiger partial charge in [-0.05, 0) is 36.8 Å². The van der Waals surface area contributed by atoms with E-state index in [1.54, 1.807) is 50.6 Å². The molecule has 7 nitrogen and oxygen atoms in total. The molecule has 0 radical (unpaired) electrons. The molecule has 3 aromatic rings. The first-order valence-corrected chi connectivity index (χ1v) is 8.77. The van der Waals surface area contributed by atoms with Gasteiger partial charge in [-0.2, -0.15) is 0 Å². The fourth-order valence-corrected chi connectivity index (χ4v) is 2.72. The lowest BCUT2D eigenvalue weighted by Crippen LogP contribution is -2.15. The van der Waals surface area contributed by atoms with E-state index in [2.05, 4.69) is 20.6 Å². The molecule has 0 aliphatic carbocycles. The summed E-state index contributed by atoms with van der Waals surface area (Å²) in [5, 5.41) is 6.52. The van der Waals surface area contributed by atoms with Gasteiger partial charge in [-0.3, -0.25) is 4.79 Å². The van der Waals surface area contributed by atoms with Gasteiger partial charge in [0, 0.05) is 28.5 Å². The van der Waals surface area contributed by atoms with Crippen molar-refractivity contribution in [2.24, 2.45) is 0 Å². The predicted octanol–water partition coefficient (Wildman–Crippen LogP) is 4.45. The number of aromatic nitrogens is 2. The summed E-state index contributed by atoms with van der Waals surface area (Å²) in [6.45, 7) is 1.84. The van der Waals surface area contributed by atoms with E-state index >= 15 is 0 Å². The molecule has 0 aliphatic rings. The number of nitrogens with zero attached hydrogens (tertiary/aromatic N) is 2. The highest BCUT2D eigenvalue weighted by Crippen LogP contribution is 2.31. The lowest BCUT2D eigenvalue weighted by Gasteiger charge is -2.12. The summed E-state index contributed by atoms with van der Waals surface area (Å²) >= 11 is 6.10. The van der Waals surface area contributed by atoms with E-state index in [0.29, 0.717) is 28.0 Å². The minimum absolute atomic E-state index is 0.220. The molecule has 2 N–H and O–H groups in total. The van der Waals surface area contributed by atoms with Crippen LogP contribution in [0.15, 0.2) is 48.8 Å². The Morgan fingerprint density at radius 3 is 2.57 bits per heavy atom. The number of anilines is 3. The number of methoxy groups -OCH3 is 2. The molecule has 0 saturated carbocycles. The highest BCUT2D eigenvalue weighted by Gasteiger charge is 2.12. The topological polar surface area (TPSA) is 85.4 Å². The average Bonchev–Trinajstić information content (AvgIpc) is 2.71. The number of halogens is 1. The van der Waals surface area contributed by atoms with E-state index in [4.69, 9.17) is 21.1 Å². The van der Waals surface area contributed by atoms with Gasteiger partial charge in [0.05, 0.1) is 14.2 Å². The molecule has 2 aromatic carbocycles. The summed E-state index contributed by atoms with van der Waals surface area (Å²) in [5.74, 6) is 1.31. The lowest BCUT2D eigenvalue weighted by atomic mass is 10.2. The standard InChI is InChI=1S/C20H19ClN4O3/c1-12-14(21)5-4-6-15(12)25-20(26)16-10-19(23-11-22-16)24-13-7-8-17(27-2)18(9-13)28-3/h4-11H,1-3H3,(H,25,26)(H,22,23,24). The molecular formula is C20H19ClN4O3. The second kappa shape index (κ2) is 8.58. The van der Waals surface area contributed by atoms with Crippen LogP contribution in [0.2, 0.25) is 5.02 Å². The Labute approximate surface area is 167 Å². The van der Waals surface area contributed by atoms with Crippen molar-refractivity contribution in [3.8, 4) is 11.5 Å². The molecule has 0 aliphatic heterocycles. The van der Waals surface area contributed by atoms with Crippen LogP contribution >= 0.6 is 11.6 Å². The molecule has 1 aromatic heterocycles. The molecular weight excluding hydrogens is 380 g/mol. The van der Waals surface area contributed by atoms with Crippen molar-refractivity contribution in [3.05, 3.63) is 65.1 Å². The van der Waals surface area contributed by atoms with Gasteiger partial charge in [0.15, 0.2) is 11.5 Å². The monoisotopic (exact) mass is 398 g/mol. The zero-order chi connectivity index (χ0) is 20.1. The van der Waals surface area contributed by atoms with Crippen LogP contribution in [0, 0.1) is 6.92 Å². The van der Waals surface area contributed by atoms with E-state index in [9.17, 15) is 4.79 Å². The molecule has 0 spiro atoms. The van der Waals surface area contributed by atoms with Crippen molar-refractivity contribution in [1.82, 2.24) is 9.97 Å². The first-order valence-electron chi connectivity index (χ1n) is 8.39. The molecule has 0 fully saturated rings. The zero-order valence-electron chi connectivity index (χ0n) is 15.6. The number of benzene rings is 2.